The van der Waals surface area contributed by atoms with E-state index in [-0.39, 0.29) is 11.9 Å². The van der Waals surface area contributed by atoms with Crippen LogP contribution in [0.4, 0.5) is 4.39 Å². The molecule has 0 aliphatic heterocycles. The fraction of sp³-hybridized carbons (Fsp3) is 0.294. The van der Waals surface area contributed by atoms with Crippen molar-refractivity contribution >= 4 is 11.6 Å². The zero-order chi connectivity index (χ0) is 14.5. The van der Waals surface area contributed by atoms with Gasteiger partial charge in [-0.3, -0.25) is 0 Å². The molecule has 0 spiro atoms. The highest BCUT2D eigenvalue weighted by molar-refractivity contribution is 6.31. The van der Waals surface area contributed by atoms with Crippen LogP contribution in [0, 0.1) is 12.7 Å². The minimum Gasteiger partial charge on any atom is -0.316 e. The molecule has 20 heavy (non-hydrogen) atoms. The summed E-state index contributed by atoms with van der Waals surface area (Å²) in [5, 5.41) is 4.11. The van der Waals surface area contributed by atoms with Crippen molar-refractivity contribution in [1.82, 2.24) is 5.32 Å². The van der Waals surface area contributed by atoms with Crippen LogP contribution < -0.4 is 5.32 Å². The number of halogens is 2. The second kappa shape index (κ2) is 6.87. The lowest BCUT2D eigenvalue weighted by Crippen LogP contribution is -2.30. The van der Waals surface area contributed by atoms with Gasteiger partial charge in [0.2, 0.25) is 0 Å². The summed E-state index contributed by atoms with van der Waals surface area (Å²) in [5.41, 5.74) is 3.29. The molecule has 0 aromatic heterocycles. The molecule has 0 saturated carbocycles. The third-order valence-electron chi connectivity index (χ3n) is 3.60. The van der Waals surface area contributed by atoms with Gasteiger partial charge in [-0.05, 0) is 61.7 Å². The Kier molecular flexibility index (Phi) is 5.16. The molecule has 0 radical (unpaired) electrons. The van der Waals surface area contributed by atoms with Crippen molar-refractivity contribution in [2.75, 3.05) is 7.05 Å². The zero-order valence-electron chi connectivity index (χ0n) is 11.8. The van der Waals surface area contributed by atoms with Gasteiger partial charge in [-0.1, -0.05) is 35.9 Å². The Bertz CT molecular complexity index is 583. The van der Waals surface area contributed by atoms with E-state index >= 15 is 0 Å². The Morgan fingerprint density at radius 2 is 1.80 bits per heavy atom. The SMILES string of the molecule is CNC(Cc1ccc(F)cc1C)Cc1ccccc1Cl. The summed E-state index contributed by atoms with van der Waals surface area (Å²) < 4.78 is 13.1. The van der Waals surface area contributed by atoms with Gasteiger partial charge in [-0.15, -0.1) is 0 Å². The zero-order valence-corrected chi connectivity index (χ0v) is 12.5. The summed E-state index contributed by atoms with van der Waals surface area (Å²) in [6.07, 6.45) is 1.71. The van der Waals surface area contributed by atoms with E-state index in [1.807, 2.05) is 44.3 Å². The summed E-state index contributed by atoms with van der Waals surface area (Å²) >= 11 is 6.20. The topological polar surface area (TPSA) is 12.0 Å². The van der Waals surface area contributed by atoms with Crippen molar-refractivity contribution in [3.05, 3.63) is 70.0 Å². The highest BCUT2D eigenvalue weighted by Gasteiger charge is 2.12. The van der Waals surface area contributed by atoms with Crippen molar-refractivity contribution in [1.29, 1.82) is 0 Å². The lowest BCUT2D eigenvalue weighted by molar-refractivity contribution is 0.554. The third-order valence-corrected chi connectivity index (χ3v) is 3.97. The van der Waals surface area contributed by atoms with Crippen molar-refractivity contribution in [2.24, 2.45) is 0 Å². The van der Waals surface area contributed by atoms with Gasteiger partial charge >= 0.3 is 0 Å². The molecular formula is C17H19ClFN. The van der Waals surface area contributed by atoms with Crippen molar-refractivity contribution < 1.29 is 4.39 Å². The smallest absolute Gasteiger partial charge is 0.123 e. The Balaban J connectivity index is 2.11. The van der Waals surface area contributed by atoms with E-state index in [9.17, 15) is 4.39 Å². The van der Waals surface area contributed by atoms with Gasteiger partial charge in [-0.25, -0.2) is 4.39 Å². The molecule has 0 amide bonds. The number of aryl methyl sites for hydroxylation is 1. The number of rotatable bonds is 5. The van der Waals surface area contributed by atoms with Crippen LogP contribution in [0.1, 0.15) is 16.7 Å². The van der Waals surface area contributed by atoms with E-state index < -0.39 is 0 Å². The fourth-order valence-corrected chi connectivity index (χ4v) is 2.57. The summed E-state index contributed by atoms with van der Waals surface area (Å²) in [6.45, 7) is 1.95. The second-order valence-corrected chi connectivity index (χ2v) is 5.46. The summed E-state index contributed by atoms with van der Waals surface area (Å²) in [6, 6.07) is 13.1. The summed E-state index contributed by atoms with van der Waals surface area (Å²) in [7, 11) is 1.94. The molecule has 0 heterocycles. The van der Waals surface area contributed by atoms with Crippen LogP contribution in [-0.2, 0) is 12.8 Å². The van der Waals surface area contributed by atoms with Crippen LogP contribution >= 0.6 is 11.6 Å². The highest BCUT2D eigenvalue weighted by Crippen LogP contribution is 2.19. The van der Waals surface area contributed by atoms with Crippen molar-refractivity contribution in [3.8, 4) is 0 Å². The van der Waals surface area contributed by atoms with Gasteiger partial charge in [0.15, 0.2) is 0 Å². The maximum absolute atomic E-state index is 13.1. The van der Waals surface area contributed by atoms with Gasteiger partial charge in [0.1, 0.15) is 5.82 Å². The monoisotopic (exact) mass is 291 g/mol. The molecule has 1 N–H and O–H groups in total. The molecular weight excluding hydrogens is 273 g/mol. The van der Waals surface area contributed by atoms with E-state index in [4.69, 9.17) is 11.6 Å². The molecule has 106 valence electrons. The average molecular weight is 292 g/mol. The van der Waals surface area contributed by atoms with Gasteiger partial charge in [0.25, 0.3) is 0 Å². The first-order chi connectivity index (χ1) is 9.60. The van der Waals surface area contributed by atoms with E-state index in [0.29, 0.717) is 0 Å². The van der Waals surface area contributed by atoms with Crippen LogP contribution in [0.15, 0.2) is 42.5 Å². The van der Waals surface area contributed by atoms with Gasteiger partial charge in [0, 0.05) is 11.1 Å². The first kappa shape index (κ1) is 15.0. The molecule has 0 fully saturated rings. The van der Waals surface area contributed by atoms with Crippen molar-refractivity contribution in [3.63, 3.8) is 0 Å². The minimum absolute atomic E-state index is 0.182. The molecule has 0 aliphatic carbocycles. The van der Waals surface area contributed by atoms with E-state index in [2.05, 4.69) is 5.32 Å². The van der Waals surface area contributed by atoms with E-state index in [0.717, 1.165) is 34.6 Å². The molecule has 1 unspecified atom stereocenters. The predicted octanol–water partition coefficient (Wildman–Crippen LogP) is 4.16. The normalized spacial score (nSPS) is 12.4. The van der Waals surface area contributed by atoms with Crippen molar-refractivity contribution in [2.45, 2.75) is 25.8 Å². The number of benzene rings is 2. The largest absolute Gasteiger partial charge is 0.316 e. The summed E-state index contributed by atoms with van der Waals surface area (Å²) in [4.78, 5) is 0. The van der Waals surface area contributed by atoms with E-state index in [1.165, 1.54) is 6.07 Å². The average Bonchev–Trinajstić information content (AvgIpc) is 2.43. The number of hydrogen-bond donors (Lipinski definition) is 1. The second-order valence-electron chi connectivity index (χ2n) is 5.06. The lowest BCUT2D eigenvalue weighted by atomic mass is 9.96. The maximum atomic E-state index is 13.1. The fourth-order valence-electron chi connectivity index (χ4n) is 2.36. The number of hydrogen-bond acceptors (Lipinski definition) is 1. The molecule has 0 aliphatic rings. The molecule has 0 saturated heterocycles. The first-order valence-electron chi connectivity index (χ1n) is 6.76. The van der Waals surface area contributed by atoms with Crippen LogP contribution in [-0.4, -0.2) is 13.1 Å². The van der Waals surface area contributed by atoms with Gasteiger partial charge in [-0.2, -0.15) is 0 Å². The number of likely N-dealkylation sites (N-methyl/N-ethyl adjacent to an activating group) is 1. The van der Waals surface area contributed by atoms with Gasteiger partial charge in [0.05, 0.1) is 0 Å². The standard InChI is InChI=1S/C17H19ClFN/c1-12-9-15(19)8-7-13(12)10-16(20-2)11-14-5-3-4-6-17(14)18/h3-9,16,20H,10-11H2,1-2H3. The Morgan fingerprint density at radius 1 is 1.10 bits per heavy atom. The molecule has 2 rings (SSSR count). The first-order valence-corrected chi connectivity index (χ1v) is 7.13. The van der Waals surface area contributed by atoms with Crippen LogP contribution in [0.25, 0.3) is 0 Å². The lowest BCUT2D eigenvalue weighted by Gasteiger charge is -2.18. The van der Waals surface area contributed by atoms with E-state index in [1.54, 1.807) is 6.07 Å². The minimum atomic E-state index is -0.182. The van der Waals surface area contributed by atoms with Gasteiger partial charge < -0.3 is 5.32 Å². The summed E-state index contributed by atoms with van der Waals surface area (Å²) in [5.74, 6) is -0.182. The van der Waals surface area contributed by atoms with Crippen LogP contribution in [0.2, 0.25) is 5.02 Å². The highest BCUT2D eigenvalue weighted by atomic mass is 35.5. The quantitative estimate of drug-likeness (QED) is 0.872. The Labute approximate surface area is 124 Å². The Morgan fingerprint density at radius 3 is 2.45 bits per heavy atom. The van der Waals surface area contributed by atoms with Crippen LogP contribution in [0.5, 0.6) is 0 Å². The maximum Gasteiger partial charge on any atom is 0.123 e. The molecule has 2 aromatic carbocycles. The predicted molar refractivity (Wildman–Crippen MR) is 82.8 cm³/mol. The number of nitrogens with one attached hydrogen (secondary N) is 1. The van der Waals surface area contributed by atoms with Crippen LogP contribution in [0.3, 0.4) is 0 Å². The Hall–Kier alpha value is -1.38. The molecule has 2 aromatic rings. The molecule has 0 bridgehead atoms. The molecule has 1 atom stereocenters. The third kappa shape index (κ3) is 3.81. The molecule has 1 nitrogen and oxygen atoms in total. The molecule has 3 heteroatoms.